The van der Waals surface area contributed by atoms with E-state index in [4.69, 9.17) is 9.47 Å². The molecule has 1 fully saturated rings. The van der Waals surface area contributed by atoms with Crippen molar-refractivity contribution in [3.63, 3.8) is 0 Å². The molecule has 9 heteroatoms. The van der Waals surface area contributed by atoms with E-state index in [-0.39, 0.29) is 25.0 Å². The number of nitrogens with one attached hydrogen (secondary N) is 1. The van der Waals surface area contributed by atoms with E-state index in [1.54, 1.807) is 23.1 Å². The van der Waals surface area contributed by atoms with Crippen LogP contribution in [0.5, 0.6) is 11.5 Å². The fraction of sp³-hybridized carbons (Fsp3) is 0.318. The number of anilines is 2. The van der Waals surface area contributed by atoms with Crippen LogP contribution in [0.2, 0.25) is 0 Å². The van der Waals surface area contributed by atoms with E-state index in [1.165, 1.54) is 22.9 Å². The monoisotopic (exact) mass is 438 g/mol. The number of hydrogen-bond acceptors (Lipinski definition) is 7. The summed E-state index contributed by atoms with van der Waals surface area (Å²) in [5, 5.41) is 3.04. The number of amidine groups is 1. The number of ether oxygens (including phenoxy) is 2. The third-order valence-electron chi connectivity index (χ3n) is 5.59. The van der Waals surface area contributed by atoms with Crippen molar-refractivity contribution in [2.75, 3.05) is 30.3 Å². The lowest BCUT2D eigenvalue weighted by Crippen LogP contribution is -2.46. The minimum atomic E-state index is -0.479. The summed E-state index contributed by atoms with van der Waals surface area (Å²) in [6.45, 7) is 5.25. The van der Waals surface area contributed by atoms with Crippen LogP contribution in [0, 0.1) is 13.8 Å². The number of aryl methyl sites for hydroxylation is 2. The number of carbonyl (C=O) groups is 2. The van der Waals surface area contributed by atoms with Gasteiger partial charge >= 0.3 is 0 Å². The predicted octanol–water partition coefficient (Wildman–Crippen LogP) is 3.10. The van der Waals surface area contributed by atoms with E-state index < -0.39 is 5.25 Å². The minimum Gasteiger partial charge on any atom is -0.454 e. The average Bonchev–Trinajstić information content (AvgIpc) is 3.34. The molecule has 0 spiro atoms. The second-order valence-corrected chi connectivity index (χ2v) is 8.89. The largest absolute Gasteiger partial charge is 0.454 e. The second-order valence-electron chi connectivity index (χ2n) is 7.73. The highest BCUT2D eigenvalue weighted by atomic mass is 32.2. The minimum absolute atomic E-state index is 0.0805. The molecule has 3 heterocycles. The van der Waals surface area contributed by atoms with Crippen LogP contribution in [0.1, 0.15) is 17.5 Å². The maximum absolute atomic E-state index is 13.0. The number of carbonyl (C=O) groups excluding carboxylic acids is 2. The fourth-order valence-electron chi connectivity index (χ4n) is 3.69. The van der Waals surface area contributed by atoms with Crippen molar-refractivity contribution in [1.29, 1.82) is 0 Å². The Kier molecular flexibility index (Phi) is 4.97. The summed E-state index contributed by atoms with van der Waals surface area (Å²) < 4.78 is 10.6. The lowest BCUT2D eigenvalue weighted by molar-refractivity contribution is -0.128. The zero-order chi connectivity index (χ0) is 21.5. The SMILES string of the molecule is Cc1ccc(N2CN=C3SC(CC(=O)Nc4ccc5c(c4)OCO5)C(=O)N3C2)cc1C. The molecule has 160 valence electrons. The van der Waals surface area contributed by atoms with Crippen LogP contribution in [-0.2, 0) is 9.59 Å². The number of amides is 2. The molecular formula is C22H22N4O4S. The molecule has 0 saturated carbocycles. The van der Waals surface area contributed by atoms with Crippen LogP contribution in [0.15, 0.2) is 41.4 Å². The number of nitrogens with zero attached hydrogens (tertiary/aromatic N) is 3. The number of rotatable bonds is 4. The molecule has 1 N–H and O–H groups in total. The van der Waals surface area contributed by atoms with Crippen molar-refractivity contribution in [3.8, 4) is 11.5 Å². The fourth-order valence-corrected chi connectivity index (χ4v) is 4.82. The molecule has 0 radical (unpaired) electrons. The van der Waals surface area contributed by atoms with Gasteiger partial charge in [-0.25, -0.2) is 4.99 Å². The maximum atomic E-state index is 13.0. The van der Waals surface area contributed by atoms with Crippen LogP contribution in [0.25, 0.3) is 0 Å². The number of fused-ring (bicyclic) bond motifs is 2. The Labute approximate surface area is 184 Å². The van der Waals surface area contributed by atoms with Crippen LogP contribution >= 0.6 is 11.8 Å². The molecule has 0 bridgehead atoms. The highest BCUT2D eigenvalue weighted by Crippen LogP contribution is 2.35. The molecule has 2 aromatic rings. The van der Waals surface area contributed by atoms with E-state index in [0.29, 0.717) is 35.7 Å². The highest BCUT2D eigenvalue weighted by molar-refractivity contribution is 8.15. The average molecular weight is 439 g/mol. The second kappa shape index (κ2) is 7.81. The third kappa shape index (κ3) is 3.81. The molecule has 1 unspecified atom stereocenters. The first-order valence-electron chi connectivity index (χ1n) is 10.0. The van der Waals surface area contributed by atoms with Gasteiger partial charge in [-0.1, -0.05) is 17.8 Å². The Balaban J connectivity index is 1.22. The molecule has 3 aliphatic heterocycles. The number of aliphatic imine (C=N–C) groups is 1. The van der Waals surface area contributed by atoms with E-state index in [1.807, 2.05) is 6.07 Å². The van der Waals surface area contributed by atoms with Crippen molar-refractivity contribution in [2.45, 2.75) is 25.5 Å². The summed E-state index contributed by atoms with van der Waals surface area (Å²) in [7, 11) is 0. The van der Waals surface area contributed by atoms with Gasteiger partial charge in [0.25, 0.3) is 0 Å². The molecule has 8 nitrogen and oxygen atoms in total. The first kappa shape index (κ1) is 19.7. The zero-order valence-electron chi connectivity index (χ0n) is 17.3. The normalized spacial score (nSPS) is 19.4. The smallest absolute Gasteiger partial charge is 0.244 e. The molecule has 0 aromatic heterocycles. The Hall–Kier alpha value is -3.20. The van der Waals surface area contributed by atoms with Crippen molar-refractivity contribution in [2.24, 2.45) is 4.99 Å². The maximum Gasteiger partial charge on any atom is 0.244 e. The zero-order valence-corrected chi connectivity index (χ0v) is 18.1. The van der Waals surface area contributed by atoms with E-state index >= 15 is 0 Å². The molecule has 1 atom stereocenters. The topological polar surface area (TPSA) is 83.5 Å². The molecule has 3 aliphatic rings. The molecule has 0 aliphatic carbocycles. The quantitative estimate of drug-likeness (QED) is 0.790. The Morgan fingerprint density at radius 2 is 2.00 bits per heavy atom. The summed E-state index contributed by atoms with van der Waals surface area (Å²) in [6, 6.07) is 11.5. The van der Waals surface area contributed by atoms with Crippen molar-refractivity contribution < 1.29 is 19.1 Å². The number of benzene rings is 2. The van der Waals surface area contributed by atoms with Crippen LogP contribution in [0.4, 0.5) is 11.4 Å². The first-order chi connectivity index (χ1) is 15.0. The lowest BCUT2D eigenvalue weighted by Gasteiger charge is -2.32. The van der Waals surface area contributed by atoms with Crippen molar-refractivity contribution >= 4 is 40.1 Å². The summed E-state index contributed by atoms with van der Waals surface area (Å²) in [5.41, 5.74) is 4.08. The van der Waals surface area contributed by atoms with E-state index in [0.717, 1.165) is 5.69 Å². The van der Waals surface area contributed by atoms with Crippen LogP contribution in [-0.4, -0.2) is 47.3 Å². The van der Waals surface area contributed by atoms with Gasteiger partial charge in [-0.05, 0) is 49.2 Å². The Morgan fingerprint density at radius 1 is 1.16 bits per heavy atom. The van der Waals surface area contributed by atoms with Crippen molar-refractivity contribution in [3.05, 3.63) is 47.5 Å². The van der Waals surface area contributed by atoms with Gasteiger partial charge in [0.15, 0.2) is 16.7 Å². The summed E-state index contributed by atoms with van der Waals surface area (Å²) in [5.74, 6) is 0.944. The van der Waals surface area contributed by atoms with Gasteiger partial charge in [-0.15, -0.1) is 0 Å². The van der Waals surface area contributed by atoms with Crippen molar-refractivity contribution in [1.82, 2.24) is 4.90 Å². The van der Waals surface area contributed by atoms with Gasteiger partial charge in [0.2, 0.25) is 18.6 Å². The molecular weight excluding hydrogens is 416 g/mol. The van der Waals surface area contributed by atoms with Gasteiger partial charge in [0, 0.05) is 23.9 Å². The molecule has 2 amide bonds. The lowest BCUT2D eigenvalue weighted by atomic mass is 10.1. The Bertz CT molecular complexity index is 1100. The van der Waals surface area contributed by atoms with Gasteiger partial charge in [-0.2, -0.15) is 0 Å². The molecule has 5 rings (SSSR count). The first-order valence-corrected chi connectivity index (χ1v) is 10.9. The predicted molar refractivity (Wildman–Crippen MR) is 120 cm³/mol. The highest BCUT2D eigenvalue weighted by Gasteiger charge is 2.41. The van der Waals surface area contributed by atoms with E-state index in [2.05, 4.69) is 41.2 Å². The standard InChI is InChI=1S/C22H22N4O4S/c1-13-3-5-16(7-14(13)2)25-10-23-22-26(11-25)21(28)19(31-22)9-20(27)24-15-4-6-17-18(8-15)30-12-29-17/h3-8,19H,9-12H2,1-2H3,(H,24,27). The summed E-state index contributed by atoms with van der Waals surface area (Å²) in [6.07, 6.45) is 0.0805. The van der Waals surface area contributed by atoms with Gasteiger partial charge < -0.3 is 19.7 Å². The van der Waals surface area contributed by atoms with Crippen LogP contribution < -0.4 is 19.7 Å². The Morgan fingerprint density at radius 3 is 2.84 bits per heavy atom. The summed E-state index contributed by atoms with van der Waals surface area (Å²) in [4.78, 5) is 33.8. The number of hydrogen-bond donors (Lipinski definition) is 1. The van der Waals surface area contributed by atoms with Crippen LogP contribution in [0.3, 0.4) is 0 Å². The molecule has 31 heavy (non-hydrogen) atoms. The molecule has 2 aromatic carbocycles. The summed E-state index contributed by atoms with van der Waals surface area (Å²) >= 11 is 1.36. The van der Waals surface area contributed by atoms with E-state index in [9.17, 15) is 9.59 Å². The molecule has 1 saturated heterocycles. The van der Waals surface area contributed by atoms with Gasteiger partial charge in [0.1, 0.15) is 18.6 Å². The third-order valence-corrected chi connectivity index (χ3v) is 6.80. The number of thioether (sulfide) groups is 1. The van der Waals surface area contributed by atoms with Gasteiger partial charge in [0.05, 0.1) is 0 Å². The van der Waals surface area contributed by atoms with Gasteiger partial charge in [-0.3, -0.25) is 14.5 Å².